The zero-order chi connectivity index (χ0) is 21.2. The van der Waals surface area contributed by atoms with E-state index in [0.717, 1.165) is 11.1 Å². The Balaban J connectivity index is 2.01. The van der Waals surface area contributed by atoms with E-state index in [0.29, 0.717) is 35.9 Å². The van der Waals surface area contributed by atoms with E-state index < -0.39 is 15.9 Å². The third-order valence-corrected chi connectivity index (χ3v) is 5.99. The molecule has 0 aliphatic carbocycles. The van der Waals surface area contributed by atoms with Gasteiger partial charge in [-0.3, -0.25) is 4.79 Å². The molecule has 0 spiro atoms. The van der Waals surface area contributed by atoms with Crippen LogP contribution in [0.25, 0.3) is 0 Å². The first kappa shape index (κ1) is 21.0. The van der Waals surface area contributed by atoms with Gasteiger partial charge in [0, 0.05) is 18.5 Å². The normalized spacial score (nSPS) is 14.6. The Bertz CT molecular complexity index is 1020. The van der Waals surface area contributed by atoms with Gasteiger partial charge in [-0.15, -0.1) is 0 Å². The first-order valence-electron chi connectivity index (χ1n) is 9.42. The number of sulfone groups is 1. The minimum Gasteiger partial charge on any atom is -0.493 e. The molecule has 1 atom stereocenters. The molecule has 0 saturated carbocycles. The zero-order valence-electron chi connectivity index (χ0n) is 16.8. The van der Waals surface area contributed by atoms with Gasteiger partial charge in [0.2, 0.25) is 0 Å². The van der Waals surface area contributed by atoms with Crippen molar-refractivity contribution in [1.82, 2.24) is 4.90 Å². The SMILES string of the molecule is CCOc1cc(C(CCS(C)(=O)=O)N2Cc3cccc(N)c3C2=O)ccc1OC. The smallest absolute Gasteiger partial charge is 0.257 e. The fourth-order valence-electron chi connectivity index (χ4n) is 3.66. The van der Waals surface area contributed by atoms with Gasteiger partial charge >= 0.3 is 0 Å². The number of carbonyl (C=O) groups excluding carboxylic acids is 1. The van der Waals surface area contributed by atoms with E-state index in [4.69, 9.17) is 15.2 Å². The number of nitrogens with two attached hydrogens (primary N) is 1. The summed E-state index contributed by atoms with van der Waals surface area (Å²) in [7, 11) is -1.64. The Hall–Kier alpha value is -2.74. The number of benzene rings is 2. The molecule has 3 rings (SSSR count). The number of fused-ring (bicyclic) bond motifs is 1. The van der Waals surface area contributed by atoms with Gasteiger partial charge in [0.05, 0.1) is 31.1 Å². The minimum atomic E-state index is -3.20. The highest BCUT2D eigenvalue weighted by atomic mass is 32.2. The standard InChI is InChI=1S/C21H26N2O5S/c1-4-28-19-12-14(8-9-18(19)27-2)17(10-11-29(3,25)26)23-13-15-6-5-7-16(22)20(15)21(23)24/h5-9,12,17H,4,10-11,13,22H2,1-3H3. The fraction of sp³-hybridized carbons (Fsp3) is 0.381. The summed E-state index contributed by atoms with van der Waals surface area (Å²) in [4.78, 5) is 14.8. The van der Waals surface area contributed by atoms with Crippen molar-refractivity contribution in [2.24, 2.45) is 0 Å². The van der Waals surface area contributed by atoms with Crippen molar-refractivity contribution in [2.45, 2.75) is 25.9 Å². The number of hydrogen-bond donors (Lipinski definition) is 1. The minimum absolute atomic E-state index is 0.0384. The monoisotopic (exact) mass is 418 g/mol. The van der Waals surface area contributed by atoms with E-state index in [1.807, 2.05) is 31.2 Å². The van der Waals surface area contributed by atoms with Gasteiger partial charge in [0.25, 0.3) is 5.91 Å². The van der Waals surface area contributed by atoms with E-state index in [9.17, 15) is 13.2 Å². The molecule has 1 amide bonds. The summed E-state index contributed by atoms with van der Waals surface area (Å²) in [6.45, 7) is 2.71. The number of rotatable bonds is 8. The molecular weight excluding hydrogens is 392 g/mol. The first-order chi connectivity index (χ1) is 13.7. The summed E-state index contributed by atoms with van der Waals surface area (Å²) in [6.07, 6.45) is 1.47. The molecule has 1 unspecified atom stereocenters. The second-order valence-corrected chi connectivity index (χ2v) is 9.35. The lowest BCUT2D eigenvalue weighted by Crippen LogP contribution is -2.31. The number of ether oxygens (including phenoxy) is 2. The Morgan fingerprint density at radius 3 is 2.59 bits per heavy atom. The maximum absolute atomic E-state index is 13.1. The molecule has 0 radical (unpaired) electrons. The lowest BCUT2D eigenvalue weighted by molar-refractivity contribution is 0.0697. The predicted octanol–water partition coefficient (Wildman–Crippen LogP) is 2.81. The van der Waals surface area contributed by atoms with E-state index in [-0.39, 0.29) is 18.1 Å². The van der Waals surface area contributed by atoms with Crippen LogP contribution in [0, 0.1) is 0 Å². The van der Waals surface area contributed by atoms with Crippen LogP contribution in [0.1, 0.15) is 40.9 Å². The van der Waals surface area contributed by atoms with Crippen LogP contribution in [0.2, 0.25) is 0 Å². The molecule has 0 bridgehead atoms. The Morgan fingerprint density at radius 1 is 1.21 bits per heavy atom. The number of hydrogen-bond acceptors (Lipinski definition) is 6. The van der Waals surface area contributed by atoms with Crippen LogP contribution >= 0.6 is 0 Å². The maximum Gasteiger partial charge on any atom is 0.257 e. The summed E-state index contributed by atoms with van der Waals surface area (Å²) in [5, 5.41) is 0. The molecule has 156 valence electrons. The number of nitrogen functional groups attached to an aromatic ring is 1. The summed E-state index contributed by atoms with van der Waals surface area (Å²) in [6, 6.07) is 10.4. The molecule has 29 heavy (non-hydrogen) atoms. The predicted molar refractivity (Wildman–Crippen MR) is 112 cm³/mol. The Kier molecular flexibility index (Phi) is 6.02. The van der Waals surface area contributed by atoms with Crippen molar-refractivity contribution in [3.63, 3.8) is 0 Å². The molecular formula is C21H26N2O5S. The van der Waals surface area contributed by atoms with E-state index in [1.165, 1.54) is 6.26 Å². The van der Waals surface area contributed by atoms with Gasteiger partial charge in [-0.05, 0) is 42.7 Å². The van der Waals surface area contributed by atoms with Crippen molar-refractivity contribution >= 4 is 21.4 Å². The molecule has 2 N–H and O–H groups in total. The van der Waals surface area contributed by atoms with Crippen molar-refractivity contribution in [3.8, 4) is 11.5 Å². The number of anilines is 1. The van der Waals surface area contributed by atoms with Crippen LogP contribution in [0.3, 0.4) is 0 Å². The molecule has 1 aliphatic rings. The molecule has 0 fully saturated rings. The van der Waals surface area contributed by atoms with E-state index in [1.54, 1.807) is 24.1 Å². The van der Waals surface area contributed by atoms with Crippen LogP contribution in [-0.4, -0.2) is 45.0 Å². The average Bonchev–Trinajstić information content (AvgIpc) is 2.99. The van der Waals surface area contributed by atoms with E-state index >= 15 is 0 Å². The highest BCUT2D eigenvalue weighted by Gasteiger charge is 2.35. The van der Waals surface area contributed by atoms with Crippen molar-refractivity contribution in [3.05, 3.63) is 53.1 Å². The number of amides is 1. The number of methoxy groups -OCH3 is 1. The highest BCUT2D eigenvalue weighted by molar-refractivity contribution is 7.90. The fourth-order valence-corrected chi connectivity index (χ4v) is 4.31. The second-order valence-electron chi connectivity index (χ2n) is 7.09. The second kappa shape index (κ2) is 8.32. The van der Waals surface area contributed by atoms with Gasteiger partial charge in [-0.2, -0.15) is 0 Å². The third-order valence-electron chi connectivity index (χ3n) is 5.01. The molecule has 1 aliphatic heterocycles. The van der Waals surface area contributed by atoms with Gasteiger partial charge in [-0.1, -0.05) is 18.2 Å². The maximum atomic E-state index is 13.1. The molecule has 0 saturated heterocycles. The zero-order valence-corrected chi connectivity index (χ0v) is 17.7. The largest absolute Gasteiger partial charge is 0.493 e. The number of nitrogens with zero attached hydrogens (tertiary/aromatic N) is 1. The molecule has 0 aromatic heterocycles. The molecule has 8 heteroatoms. The number of carbonyl (C=O) groups is 1. The van der Waals surface area contributed by atoms with Gasteiger partial charge in [-0.25, -0.2) is 8.42 Å². The molecule has 7 nitrogen and oxygen atoms in total. The summed E-state index contributed by atoms with van der Waals surface area (Å²) >= 11 is 0. The van der Waals surface area contributed by atoms with Crippen LogP contribution in [0.15, 0.2) is 36.4 Å². The van der Waals surface area contributed by atoms with Crippen molar-refractivity contribution < 1.29 is 22.7 Å². The van der Waals surface area contributed by atoms with Crippen molar-refractivity contribution in [2.75, 3.05) is 31.5 Å². The quantitative estimate of drug-likeness (QED) is 0.662. The van der Waals surface area contributed by atoms with Crippen LogP contribution in [0.4, 0.5) is 5.69 Å². The topological polar surface area (TPSA) is 98.9 Å². The van der Waals surface area contributed by atoms with Gasteiger partial charge in [0.15, 0.2) is 11.5 Å². The highest BCUT2D eigenvalue weighted by Crippen LogP contribution is 2.38. The van der Waals surface area contributed by atoms with Crippen LogP contribution < -0.4 is 15.2 Å². The Morgan fingerprint density at radius 2 is 1.97 bits per heavy atom. The Labute approximate surface area is 171 Å². The van der Waals surface area contributed by atoms with Crippen LogP contribution in [0.5, 0.6) is 11.5 Å². The first-order valence-corrected chi connectivity index (χ1v) is 11.5. The third kappa shape index (κ3) is 4.48. The van der Waals surface area contributed by atoms with Gasteiger partial charge in [0.1, 0.15) is 9.84 Å². The summed E-state index contributed by atoms with van der Waals surface area (Å²) < 4.78 is 34.7. The summed E-state index contributed by atoms with van der Waals surface area (Å²) in [5.74, 6) is 0.909. The lowest BCUT2D eigenvalue weighted by Gasteiger charge is -2.29. The van der Waals surface area contributed by atoms with Crippen LogP contribution in [-0.2, 0) is 16.4 Å². The van der Waals surface area contributed by atoms with Gasteiger partial charge < -0.3 is 20.1 Å². The lowest BCUT2D eigenvalue weighted by atomic mass is 10.0. The van der Waals surface area contributed by atoms with Crippen molar-refractivity contribution in [1.29, 1.82) is 0 Å². The molecule has 1 heterocycles. The summed E-state index contributed by atoms with van der Waals surface area (Å²) in [5.41, 5.74) is 8.59. The molecule has 2 aromatic carbocycles. The van der Waals surface area contributed by atoms with E-state index in [2.05, 4.69) is 0 Å². The molecule has 2 aromatic rings. The average molecular weight is 419 g/mol.